The van der Waals surface area contributed by atoms with Gasteiger partial charge in [-0.1, -0.05) is 18.2 Å². The van der Waals surface area contributed by atoms with Gasteiger partial charge in [0.2, 0.25) is 5.91 Å². The van der Waals surface area contributed by atoms with Crippen LogP contribution < -0.4 is 10.6 Å². The number of nitrogens with zero attached hydrogens (tertiary/aromatic N) is 1. The predicted octanol–water partition coefficient (Wildman–Crippen LogP) is 1.33. The first-order valence-corrected chi connectivity index (χ1v) is 6.44. The van der Waals surface area contributed by atoms with Crippen molar-refractivity contribution in [2.24, 2.45) is 5.73 Å². The summed E-state index contributed by atoms with van der Waals surface area (Å²) in [5.74, 6) is 0.0889. The van der Waals surface area contributed by atoms with Crippen molar-refractivity contribution < 1.29 is 9.53 Å². The van der Waals surface area contributed by atoms with Crippen LogP contribution in [-0.2, 0) is 16.0 Å². The van der Waals surface area contributed by atoms with Gasteiger partial charge in [0, 0.05) is 24.9 Å². The zero-order valence-corrected chi connectivity index (χ0v) is 10.8. The molecule has 98 valence electrons. The van der Waals surface area contributed by atoms with Gasteiger partial charge in [0.1, 0.15) is 0 Å². The molecule has 0 fully saturated rings. The first kappa shape index (κ1) is 13.1. The second-order valence-electron chi connectivity index (χ2n) is 4.54. The number of rotatable bonds is 4. The number of hydrogen-bond donors (Lipinski definition) is 1. The second-order valence-corrected chi connectivity index (χ2v) is 4.54. The van der Waals surface area contributed by atoms with E-state index in [9.17, 15) is 4.79 Å². The summed E-state index contributed by atoms with van der Waals surface area (Å²) in [7, 11) is 0. The van der Waals surface area contributed by atoms with Gasteiger partial charge < -0.3 is 15.4 Å². The Morgan fingerprint density at radius 1 is 1.50 bits per heavy atom. The molecule has 18 heavy (non-hydrogen) atoms. The molecule has 0 saturated carbocycles. The summed E-state index contributed by atoms with van der Waals surface area (Å²) in [4.78, 5) is 14.0. The lowest BCUT2D eigenvalue weighted by Crippen LogP contribution is -2.46. The van der Waals surface area contributed by atoms with Crippen LogP contribution in [0.15, 0.2) is 24.3 Å². The topological polar surface area (TPSA) is 55.6 Å². The second kappa shape index (κ2) is 5.98. The van der Waals surface area contributed by atoms with Crippen molar-refractivity contribution in [2.45, 2.75) is 25.8 Å². The molecule has 0 spiro atoms. The Bertz CT molecular complexity index is 420. The molecular formula is C14H20N2O2. The molecule has 1 aromatic rings. The predicted molar refractivity (Wildman–Crippen MR) is 71.6 cm³/mol. The van der Waals surface area contributed by atoms with Gasteiger partial charge in [0.15, 0.2) is 0 Å². The maximum atomic E-state index is 12.2. The SMILES string of the molecule is CCOCCC(=O)N1CC(N)Cc2ccccc21. The van der Waals surface area contributed by atoms with Gasteiger partial charge in [0.05, 0.1) is 13.0 Å². The average molecular weight is 248 g/mol. The minimum atomic E-state index is 0.0240. The van der Waals surface area contributed by atoms with Crippen molar-refractivity contribution in [3.63, 3.8) is 0 Å². The highest BCUT2D eigenvalue weighted by Gasteiger charge is 2.25. The fraction of sp³-hybridized carbons (Fsp3) is 0.500. The Hall–Kier alpha value is -1.39. The molecule has 1 atom stereocenters. The maximum Gasteiger partial charge on any atom is 0.229 e. The lowest BCUT2D eigenvalue weighted by Gasteiger charge is -2.33. The standard InChI is InChI=1S/C14H20N2O2/c1-2-18-8-7-14(17)16-10-12(15)9-11-5-3-4-6-13(11)16/h3-6,12H,2,7-10,15H2,1H3. The zero-order valence-electron chi connectivity index (χ0n) is 10.8. The van der Waals surface area contributed by atoms with Gasteiger partial charge >= 0.3 is 0 Å². The molecule has 0 bridgehead atoms. The van der Waals surface area contributed by atoms with Crippen molar-refractivity contribution in [1.82, 2.24) is 0 Å². The van der Waals surface area contributed by atoms with E-state index < -0.39 is 0 Å². The largest absolute Gasteiger partial charge is 0.381 e. The highest BCUT2D eigenvalue weighted by atomic mass is 16.5. The minimum absolute atomic E-state index is 0.0240. The third kappa shape index (κ3) is 2.89. The van der Waals surface area contributed by atoms with Crippen LogP contribution >= 0.6 is 0 Å². The molecule has 1 heterocycles. The number of amides is 1. The highest BCUT2D eigenvalue weighted by molar-refractivity contribution is 5.94. The van der Waals surface area contributed by atoms with Crippen molar-refractivity contribution >= 4 is 11.6 Å². The molecule has 2 N–H and O–H groups in total. The van der Waals surface area contributed by atoms with Crippen molar-refractivity contribution in [3.8, 4) is 0 Å². The minimum Gasteiger partial charge on any atom is -0.381 e. The summed E-state index contributed by atoms with van der Waals surface area (Å²) in [6, 6.07) is 7.99. The van der Waals surface area contributed by atoms with Gasteiger partial charge in [-0.15, -0.1) is 0 Å². The van der Waals surface area contributed by atoms with Crippen LogP contribution in [0.2, 0.25) is 0 Å². The van der Waals surface area contributed by atoms with Crippen LogP contribution in [0.5, 0.6) is 0 Å². The number of para-hydroxylation sites is 1. The molecule has 0 aliphatic carbocycles. The molecule has 1 aliphatic rings. The molecule has 1 unspecified atom stereocenters. The molecule has 4 nitrogen and oxygen atoms in total. The molecule has 0 aromatic heterocycles. The Kier molecular flexibility index (Phi) is 4.33. The van der Waals surface area contributed by atoms with E-state index in [2.05, 4.69) is 0 Å². The van der Waals surface area contributed by atoms with Gasteiger partial charge in [-0.3, -0.25) is 4.79 Å². The molecule has 1 aliphatic heterocycles. The van der Waals surface area contributed by atoms with E-state index in [1.165, 1.54) is 0 Å². The van der Waals surface area contributed by atoms with Gasteiger partial charge in [-0.05, 0) is 25.0 Å². The summed E-state index contributed by atoms with van der Waals surface area (Å²) < 4.78 is 5.23. The number of anilines is 1. The molecule has 0 saturated heterocycles. The molecule has 1 aromatic carbocycles. The van der Waals surface area contributed by atoms with E-state index in [-0.39, 0.29) is 11.9 Å². The van der Waals surface area contributed by atoms with Crippen LogP contribution in [0.25, 0.3) is 0 Å². The monoisotopic (exact) mass is 248 g/mol. The Morgan fingerprint density at radius 3 is 3.06 bits per heavy atom. The summed E-state index contributed by atoms with van der Waals surface area (Å²) in [6.45, 7) is 3.64. The van der Waals surface area contributed by atoms with Crippen molar-refractivity contribution in [1.29, 1.82) is 0 Å². The summed E-state index contributed by atoms with van der Waals surface area (Å²) in [6.07, 6.45) is 1.25. The number of fused-ring (bicyclic) bond motifs is 1. The Labute approximate surface area is 108 Å². The van der Waals surface area contributed by atoms with Crippen molar-refractivity contribution in [2.75, 3.05) is 24.7 Å². The molecule has 0 radical (unpaired) electrons. The van der Waals surface area contributed by atoms with Crippen molar-refractivity contribution in [3.05, 3.63) is 29.8 Å². The van der Waals surface area contributed by atoms with E-state index in [0.717, 1.165) is 17.7 Å². The molecule has 4 heteroatoms. The van der Waals surface area contributed by atoms with Crippen LogP contribution in [0.3, 0.4) is 0 Å². The summed E-state index contributed by atoms with van der Waals surface area (Å²) >= 11 is 0. The van der Waals surface area contributed by atoms with E-state index in [4.69, 9.17) is 10.5 Å². The van der Waals surface area contributed by atoms with Crippen LogP contribution in [0, 0.1) is 0 Å². The molecule has 1 amide bonds. The first-order chi connectivity index (χ1) is 8.72. The number of carbonyl (C=O) groups is 1. The maximum absolute atomic E-state index is 12.2. The third-order valence-corrected chi connectivity index (χ3v) is 3.15. The van der Waals surface area contributed by atoms with Gasteiger partial charge in [0.25, 0.3) is 0 Å². The van der Waals surface area contributed by atoms with Crippen LogP contribution in [0.4, 0.5) is 5.69 Å². The number of hydrogen-bond acceptors (Lipinski definition) is 3. The van der Waals surface area contributed by atoms with Gasteiger partial charge in [-0.25, -0.2) is 0 Å². The molecule has 2 rings (SSSR count). The first-order valence-electron chi connectivity index (χ1n) is 6.44. The fourth-order valence-corrected chi connectivity index (χ4v) is 2.30. The van der Waals surface area contributed by atoms with Crippen LogP contribution in [0.1, 0.15) is 18.9 Å². The number of carbonyl (C=O) groups excluding carboxylic acids is 1. The summed E-state index contributed by atoms with van der Waals surface area (Å²) in [5.41, 5.74) is 8.16. The third-order valence-electron chi connectivity index (χ3n) is 3.15. The zero-order chi connectivity index (χ0) is 13.0. The number of benzene rings is 1. The average Bonchev–Trinajstić information content (AvgIpc) is 2.38. The van der Waals surface area contributed by atoms with E-state index in [1.54, 1.807) is 4.90 Å². The lowest BCUT2D eigenvalue weighted by atomic mass is 9.98. The molecular weight excluding hydrogens is 228 g/mol. The Balaban J connectivity index is 2.10. The fourth-order valence-electron chi connectivity index (χ4n) is 2.30. The lowest BCUT2D eigenvalue weighted by molar-refractivity contribution is -0.119. The highest BCUT2D eigenvalue weighted by Crippen LogP contribution is 2.26. The number of nitrogens with two attached hydrogens (primary N) is 1. The van der Waals surface area contributed by atoms with Crippen LogP contribution in [-0.4, -0.2) is 31.7 Å². The number of ether oxygens (including phenoxy) is 1. The quantitative estimate of drug-likeness (QED) is 0.818. The normalized spacial score (nSPS) is 18.6. The Morgan fingerprint density at radius 2 is 2.28 bits per heavy atom. The smallest absolute Gasteiger partial charge is 0.229 e. The summed E-state index contributed by atoms with van der Waals surface area (Å²) in [5, 5.41) is 0. The van der Waals surface area contributed by atoms with E-state index >= 15 is 0 Å². The van der Waals surface area contributed by atoms with E-state index in [1.807, 2.05) is 31.2 Å². The van der Waals surface area contributed by atoms with Gasteiger partial charge in [-0.2, -0.15) is 0 Å². The van der Waals surface area contributed by atoms with E-state index in [0.29, 0.717) is 26.2 Å².